The summed E-state index contributed by atoms with van der Waals surface area (Å²) in [5.41, 5.74) is 0. The summed E-state index contributed by atoms with van der Waals surface area (Å²) in [6, 6.07) is 0. The average molecular weight is 237 g/mol. The van der Waals surface area contributed by atoms with E-state index in [4.69, 9.17) is 4.99 Å². The Morgan fingerprint density at radius 1 is 1.18 bits per heavy atom. The first-order chi connectivity index (χ1) is 8.35. The van der Waals surface area contributed by atoms with Crippen LogP contribution in [0.1, 0.15) is 46.0 Å². The molecule has 2 fully saturated rings. The Labute approximate surface area is 106 Å². The fraction of sp³-hybridized carbons (Fsp3) is 0.929. The van der Waals surface area contributed by atoms with E-state index in [-0.39, 0.29) is 0 Å². The monoisotopic (exact) mass is 237 g/mol. The van der Waals surface area contributed by atoms with Crippen LogP contribution in [0.15, 0.2) is 4.99 Å². The molecule has 0 spiro atoms. The van der Waals surface area contributed by atoms with E-state index in [2.05, 4.69) is 24.1 Å². The van der Waals surface area contributed by atoms with Crippen molar-refractivity contribution in [2.45, 2.75) is 46.0 Å². The first-order valence-electron chi connectivity index (χ1n) is 7.38. The molecule has 1 aliphatic heterocycles. The van der Waals surface area contributed by atoms with E-state index in [0.29, 0.717) is 0 Å². The van der Waals surface area contributed by atoms with Crippen molar-refractivity contribution in [1.29, 1.82) is 0 Å². The van der Waals surface area contributed by atoms with Crippen molar-refractivity contribution < 1.29 is 0 Å². The quantitative estimate of drug-likeness (QED) is 0.603. The number of nitrogens with zero attached hydrogens (tertiary/aromatic N) is 2. The second-order valence-electron chi connectivity index (χ2n) is 5.45. The molecule has 1 heterocycles. The molecule has 2 rings (SSSR count). The van der Waals surface area contributed by atoms with Crippen LogP contribution in [-0.2, 0) is 0 Å². The largest absolute Gasteiger partial charge is 0.357 e. The molecule has 0 radical (unpaired) electrons. The number of fused-ring (bicyclic) bond motifs is 1. The van der Waals surface area contributed by atoms with Crippen LogP contribution in [0.5, 0.6) is 0 Å². The molecule has 98 valence electrons. The van der Waals surface area contributed by atoms with Crippen molar-refractivity contribution in [2.75, 3.05) is 26.2 Å². The zero-order valence-corrected chi connectivity index (χ0v) is 11.4. The number of hydrogen-bond donors (Lipinski definition) is 1. The number of aliphatic imine (C=N–C) groups is 1. The van der Waals surface area contributed by atoms with Crippen LogP contribution in [0, 0.1) is 11.8 Å². The Morgan fingerprint density at radius 2 is 1.82 bits per heavy atom. The summed E-state index contributed by atoms with van der Waals surface area (Å²) in [6.07, 6.45) is 6.90. The van der Waals surface area contributed by atoms with E-state index in [1.54, 1.807) is 0 Å². The van der Waals surface area contributed by atoms with Gasteiger partial charge in [-0.15, -0.1) is 0 Å². The fourth-order valence-electron chi connectivity index (χ4n) is 3.22. The Balaban J connectivity index is 1.95. The molecular formula is C14H27N3. The molecule has 2 atom stereocenters. The van der Waals surface area contributed by atoms with Gasteiger partial charge in [0.15, 0.2) is 5.96 Å². The smallest absolute Gasteiger partial charge is 0.193 e. The number of hydrogen-bond acceptors (Lipinski definition) is 1. The number of nitrogens with one attached hydrogen (secondary N) is 1. The van der Waals surface area contributed by atoms with E-state index < -0.39 is 0 Å². The van der Waals surface area contributed by atoms with Gasteiger partial charge in [-0.25, -0.2) is 0 Å². The predicted molar refractivity (Wildman–Crippen MR) is 73.3 cm³/mol. The van der Waals surface area contributed by atoms with Crippen LogP contribution >= 0.6 is 0 Å². The van der Waals surface area contributed by atoms with Gasteiger partial charge in [-0.05, 0) is 38.0 Å². The van der Waals surface area contributed by atoms with Gasteiger partial charge in [-0.1, -0.05) is 19.8 Å². The molecule has 2 unspecified atom stereocenters. The predicted octanol–water partition coefficient (Wildman–Crippen LogP) is 2.48. The van der Waals surface area contributed by atoms with E-state index >= 15 is 0 Å². The van der Waals surface area contributed by atoms with Crippen LogP contribution in [0.25, 0.3) is 0 Å². The summed E-state index contributed by atoms with van der Waals surface area (Å²) in [5, 5.41) is 3.44. The second-order valence-corrected chi connectivity index (χ2v) is 5.45. The highest BCUT2D eigenvalue weighted by molar-refractivity contribution is 5.80. The molecule has 2 aliphatic rings. The molecule has 0 aromatic carbocycles. The Morgan fingerprint density at radius 3 is 2.35 bits per heavy atom. The lowest BCUT2D eigenvalue weighted by Gasteiger charge is -2.22. The van der Waals surface area contributed by atoms with Gasteiger partial charge in [0.25, 0.3) is 0 Å². The third kappa shape index (κ3) is 3.14. The summed E-state index contributed by atoms with van der Waals surface area (Å²) >= 11 is 0. The molecule has 0 amide bonds. The van der Waals surface area contributed by atoms with Crippen LogP contribution in [0.2, 0.25) is 0 Å². The zero-order chi connectivity index (χ0) is 12.1. The fourth-order valence-corrected chi connectivity index (χ4v) is 3.22. The van der Waals surface area contributed by atoms with Gasteiger partial charge in [0.2, 0.25) is 0 Å². The first kappa shape index (κ1) is 12.7. The van der Waals surface area contributed by atoms with Gasteiger partial charge in [-0.3, -0.25) is 4.99 Å². The molecule has 1 aliphatic carbocycles. The normalized spacial score (nSPS) is 29.3. The molecule has 0 aromatic heterocycles. The molecule has 1 saturated heterocycles. The van der Waals surface area contributed by atoms with Gasteiger partial charge in [0, 0.05) is 26.2 Å². The minimum Gasteiger partial charge on any atom is -0.357 e. The highest BCUT2D eigenvalue weighted by Crippen LogP contribution is 2.35. The van der Waals surface area contributed by atoms with E-state index in [1.807, 2.05) is 0 Å². The third-order valence-electron chi connectivity index (χ3n) is 4.10. The Kier molecular flexibility index (Phi) is 4.69. The van der Waals surface area contributed by atoms with E-state index in [9.17, 15) is 0 Å². The maximum Gasteiger partial charge on any atom is 0.193 e. The van der Waals surface area contributed by atoms with Crippen molar-refractivity contribution in [1.82, 2.24) is 10.2 Å². The first-order valence-corrected chi connectivity index (χ1v) is 7.38. The highest BCUT2D eigenvalue weighted by Gasteiger charge is 2.35. The molecule has 1 N–H and O–H groups in total. The minimum atomic E-state index is 0.939. The van der Waals surface area contributed by atoms with Gasteiger partial charge in [-0.2, -0.15) is 0 Å². The summed E-state index contributed by atoms with van der Waals surface area (Å²) < 4.78 is 0. The van der Waals surface area contributed by atoms with Crippen molar-refractivity contribution in [3.8, 4) is 0 Å². The van der Waals surface area contributed by atoms with Crippen molar-refractivity contribution in [3.63, 3.8) is 0 Å². The lowest BCUT2D eigenvalue weighted by Crippen LogP contribution is -2.40. The van der Waals surface area contributed by atoms with Gasteiger partial charge in [0.1, 0.15) is 0 Å². The summed E-state index contributed by atoms with van der Waals surface area (Å²) in [5.74, 6) is 3.03. The summed E-state index contributed by atoms with van der Waals surface area (Å²) in [6.45, 7) is 8.75. The molecule has 0 bridgehead atoms. The number of rotatable bonds is 3. The third-order valence-corrected chi connectivity index (χ3v) is 4.10. The van der Waals surface area contributed by atoms with Crippen molar-refractivity contribution in [2.24, 2.45) is 16.8 Å². The van der Waals surface area contributed by atoms with Gasteiger partial charge >= 0.3 is 0 Å². The van der Waals surface area contributed by atoms with Crippen LogP contribution in [0.3, 0.4) is 0 Å². The summed E-state index contributed by atoms with van der Waals surface area (Å²) in [4.78, 5) is 7.20. The number of likely N-dealkylation sites (tertiary alicyclic amines) is 1. The van der Waals surface area contributed by atoms with Crippen LogP contribution < -0.4 is 5.32 Å². The number of guanidine groups is 1. The highest BCUT2D eigenvalue weighted by atomic mass is 15.3. The van der Waals surface area contributed by atoms with Gasteiger partial charge in [0.05, 0.1) is 0 Å². The van der Waals surface area contributed by atoms with Crippen LogP contribution in [0.4, 0.5) is 0 Å². The van der Waals surface area contributed by atoms with E-state index in [1.165, 1.54) is 38.8 Å². The Bertz CT molecular complexity index is 248. The lowest BCUT2D eigenvalue weighted by atomic mass is 9.82. The van der Waals surface area contributed by atoms with Crippen LogP contribution in [-0.4, -0.2) is 37.0 Å². The minimum absolute atomic E-state index is 0.939. The Hall–Kier alpha value is -0.730. The maximum atomic E-state index is 4.70. The average Bonchev–Trinajstić information content (AvgIpc) is 2.78. The van der Waals surface area contributed by atoms with Crippen molar-refractivity contribution >= 4 is 5.96 Å². The lowest BCUT2D eigenvalue weighted by molar-refractivity contribution is 0.299. The molecule has 1 saturated carbocycles. The van der Waals surface area contributed by atoms with E-state index in [0.717, 1.165) is 37.3 Å². The summed E-state index contributed by atoms with van der Waals surface area (Å²) in [7, 11) is 0. The molecule has 3 heteroatoms. The molecule has 0 aromatic rings. The molecule has 17 heavy (non-hydrogen) atoms. The van der Waals surface area contributed by atoms with Crippen molar-refractivity contribution in [3.05, 3.63) is 0 Å². The topological polar surface area (TPSA) is 27.6 Å². The molecule has 3 nitrogen and oxygen atoms in total. The maximum absolute atomic E-state index is 4.70. The standard InChI is InChI=1S/C14H27N3/c1-3-9-16-14(15-4-2)17-10-12-7-5-6-8-13(12)11-17/h12-13H,3-11H2,1-2H3,(H,15,16). The molecular weight excluding hydrogens is 210 g/mol. The second kappa shape index (κ2) is 6.27. The van der Waals surface area contributed by atoms with Gasteiger partial charge < -0.3 is 10.2 Å². The zero-order valence-electron chi connectivity index (χ0n) is 11.4. The SMILES string of the molecule is CCCN=C(NCC)N1CC2CCCCC2C1.